The normalized spacial score (nSPS) is 21.7. The second-order valence-corrected chi connectivity index (χ2v) is 9.52. The molecule has 2 heterocycles. The third-order valence-corrected chi connectivity index (χ3v) is 6.89. The van der Waals surface area contributed by atoms with Crippen molar-refractivity contribution >= 4 is 27.9 Å². The molecule has 1 amide bonds. The number of amides is 1. The highest BCUT2D eigenvalue weighted by Crippen LogP contribution is 2.46. The molecule has 0 saturated carbocycles. The van der Waals surface area contributed by atoms with Crippen LogP contribution in [-0.4, -0.2) is 10.8 Å². The minimum absolute atomic E-state index is 0.0429. The number of nitro groups is 1. The van der Waals surface area contributed by atoms with Crippen molar-refractivity contribution in [1.82, 2.24) is 5.32 Å². The third kappa shape index (κ3) is 3.20. The summed E-state index contributed by atoms with van der Waals surface area (Å²) in [4.78, 5) is 24.5. The van der Waals surface area contributed by atoms with Gasteiger partial charge in [0.05, 0.1) is 10.5 Å². The highest BCUT2D eigenvalue weighted by atomic mass is 32.1. The van der Waals surface area contributed by atoms with Gasteiger partial charge in [-0.3, -0.25) is 14.9 Å². The van der Waals surface area contributed by atoms with E-state index < -0.39 is 4.92 Å². The number of anilines is 1. The van der Waals surface area contributed by atoms with Crippen LogP contribution >= 0.6 is 11.3 Å². The first-order valence-electron chi connectivity index (χ1n) is 9.20. The standard InChI is InChI=1S/C20H23N3O3S/c1-20(2,3)12-6-9-14-15(10-12)27-19-16(14)18(24)21-17(22-19)11-4-7-13(8-5-11)23(25)26/h4-5,7-8,12,17,22H,6,9-10H2,1-3H3,(H,21,24)/t12-,17-/m0/s1. The molecule has 1 aliphatic heterocycles. The maximum Gasteiger partial charge on any atom is 0.269 e. The molecule has 27 heavy (non-hydrogen) atoms. The smallest absolute Gasteiger partial charge is 0.269 e. The Hall–Kier alpha value is -2.41. The van der Waals surface area contributed by atoms with Gasteiger partial charge in [0, 0.05) is 17.0 Å². The molecule has 2 aromatic rings. The Labute approximate surface area is 162 Å². The van der Waals surface area contributed by atoms with Gasteiger partial charge in [-0.15, -0.1) is 11.3 Å². The van der Waals surface area contributed by atoms with Crippen molar-refractivity contribution in [1.29, 1.82) is 0 Å². The average molecular weight is 385 g/mol. The maximum atomic E-state index is 12.8. The molecule has 1 aromatic carbocycles. The maximum absolute atomic E-state index is 12.8. The van der Waals surface area contributed by atoms with Crippen LogP contribution in [0.1, 0.15) is 59.7 Å². The van der Waals surface area contributed by atoms with Crippen molar-refractivity contribution in [2.75, 3.05) is 5.32 Å². The Morgan fingerprint density at radius 1 is 1.19 bits per heavy atom. The summed E-state index contributed by atoms with van der Waals surface area (Å²) < 4.78 is 0. The lowest BCUT2D eigenvalue weighted by Gasteiger charge is -2.34. The molecule has 142 valence electrons. The first kappa shape index (κ1) is 18.0. The predicted molar refractivity (Wildman–Crippen MR) is 106 cm³/mol. The average Bonchev–Trinajstić information content (AvgIpc) is 2.99. The van der Waals surface area contributed by atoms with E-state index in [1.807, 2.05) is 0 Å². The Kier molecular flexibility index (Phi) is 4.22. The number of nitrogens with zero attached hydrogens (tertiary/aromatic N) is 1. The van der Waals surface area contributed by atoms with Crippen LogP contribution in [0.2, 0.25) is 0 Å². The van der Waals surface area contributed by atoms with Gasteiger partial charge >= 0.3 is 0 Å². The third-order valence-electron chi connectivity index (χ3n) is 5.71. The van der Waals surface area contributed by atoms with Gasteiger partial charge < -0.3 is 10.6 Å². The number of carbonyl (C=O) groups excluding carboxylic acids is 1. The zero-order chi connectivity index (χ0) is 19.3. The molecule has 0 unspecified atom stereocenters. The topological polar surface area (TPSA) is 84.3 Å². The monoisotopic (exact) mass is 385 g/mol. The van der Waals surface area contributed by atoms with E-state index in [0.29, 0.717) is 5.92 Å². The molecule has 4 rings (SSSR count). The van der Waals surface area contributed by atoms with Gasteiger partial charge in [-0.25, -0.2) is 0 Å². The summed E-state index contributed by atoms with van der Waals surface area (Å²) in [5.41, 5.74) is 3.10. The number of thiophene rings is 1. The molecular weight excluding hydrogens is 362 g/mol. The molecular formula is C20H23N3O3S. The number of carbonyl (C=O) groups is 1. The van der Waals surface area contributed by atoms with Gasteiger partial charge in [-0.1, -0.05) is 20.8 Å². The molecule has 0 saturated heterocycles. The fourth-order valence-electron chi connectivity index (χ4n) is 3.99. The number of benzene rings is 1. The molecule has 1 aliphatic carbocycles. The van der Waals surface area contributed by atoms with E-state index in [-0.39, 0.29) is 23.2 Å². The number of rotatable bonds is 2. The van der Waals surface area contributed by atoms with Crippen LogP contribution in [-0.2, 0) is 12.8 Å². The van der Waals surface area contributed by atoms with Crippen LogP contribution in [0, 0.1) is 21.4 Å². The fraction of sp³-hybridized carbons (Fsp3) is 0.450. The Morgan fingerprint density at radius 3 is 2.52 bits per heavy atom. The van der Waals surface area contributed by atoms with Crippen molar-refractivity contribution in [2.24, 2.45) is 11.3 Å². The molecule has 1 aromatic heterocycles. The largest absolute Gasteiger partial charge is 0.353 e. The summed E-state index contributed by atoms with van der Waals surface area (Å²) in [5.74, 6) is 0.567. The minimum atomic E-state index is -0.423. The van der Waals surface area contributed by atoms with Crippen molar-refractivity contribution in [3.63, 3.8) is 0 Å². The van der Waals surface area contributed by atoms with Gasteiger partial charge in [-0.2, -0.15) is 0 Å². The molecule has 0 bridgehead atoms. The Balaban J connectivity index is 1.61. The van der Waals surface area contributed by atoms with Gasteiger partial charge in [0.25, 0.3) is 11.6 Å². The number of nitrogens with one attached hydrogen (secondary N) is 2. The first-order valence-corrected chi connectivity index (χ1v) is 10.0. The van der Waals surface area contributed by atoms with E-state index in [4.69, 9.17) is 0 Å². The molecule has 2 atom stereocenters. The van der Waals surface area contributed by atoms with E-state index in [1.165, 1.54) is 22.6 Å². The predicted octanol–water partition coefficient (Wildman–Crippen LogP) is 4.66. The molecule has 6 nitrogen and oxygen atoms in total. The number of nitro benzene ring substituents is 1. The second kappa shape index (κ2) is 6.34. The first-order chi connectivity index (χ1) is 12.7. The molecule has 2 N–H and O–H groups in total. The Morgan fingerprint density at radius 2 is 1.89 bits per heavy atom. The van der Waals surface area contributed by atoms with Crippen molar-refractivity contribution in [3.8, 4) is 0 Å². The van der Waals surface area contributed by atoms with E-state index in [9.17, 15) is 14.9 Å². The molecule has 0 fully saturated rings. The van der Waals surface area contributed by atoms with E-state index >= 15 is 0 Å². The highest BCUT2D eigenvalue weighted by Gasteiger charge is 2.36. The van der Waals surface area contributed by atoms with Crippen molar-refractivity contribution < 1.29 is 9.72 Å². The van der Waals surface area contributed by atoms with Crippen molar-refractivity contribution in [2.45, 2.75) is 46.2 Å². The summed E-state index contributed by atoms with van der Waals surface area (Å²) in [5, 5.41) is 18.2. The SMILES string of the molecule is CC(C)(C)[C@H]1CCc2c(sc3c2C(=O)N[C@H](c2ccc([N+](=O)[O-])cc2)N3)C1. The van der Waals surface area contributed by atoms with Crippen molar-refractivity contribution in [3.05, 3.63) is 55.9 Å². The zero-order valence-electron chi connectivity index (χ0n) is 15.7. The lowest BCUT2D eigenvalue weighted by molar-refractivity contribution is -0.384. The molecule has 2 aliphatic rings. The van der Waals surface area contributed by atoms with E-state index in [0.717, 1.165) is 35.4 Å². The zero-order valence-corrected chi connectivity index (χ0v) is 16.5. The van der Waals surface area contributed by atoms with E-state index in [1.54, 1.807) is 23.5 Å². The summed E-state index contributed by atoms with van der Waals surface area (Å²) in [6, 6.07) is 6.30. The van der Waals surface area contributed by atoms with Crippen LogP contribution in [0.15, 0.2) is 24.3 Å². The second-order valence-electron chi connectivity index (χ2n) is 8.41. The fourth-order valence-corrected chi connectivity index (χ4v) is 5.35. The van der Waals surface area contributed by atoms with Crippen LogP contribution < -0.4 is 10.6 Å². The van der Waals surface area contributed by atoms with Gasteiger partial charge in [0.1, 0.15) is 11.2 Å². The number of hydrogen-bond donors (Lipinski definition) is 2. The number of fused-ring (bicyclic) bond motifs is 3. The number of hydrogen-bond acceptors (Lipinski definition) is 5. The highest BCUT2D eigenvalue weighted by molar-refractivity contribution is 7.16. The van der Waals surface area contributed by atoms with E-state index in [2.05, 4.69) is 31.4 Å². The lowest BCUT2D eigenvalue weighted by Crippen LogP contribution is -2.38. The number of non-ortho nitro benzene ring substituents is 1. The quantitative estimate of drug-likeness (QED) is 0.582. The van der Waals surface area contributed by atoms with Gasteiger partial charge in [-0.05, 0) is 53.9 Å². The Bertz CT molecular complexity index is 912. The summed E-state index contributed by atoms with van der Waals surface area (Å²) in [6.45, 7) is 6.85. The van der Waals surface area contributed by atoms with Crippen LogP contribution in [0.4, 0.5) is 10.7 Å². The summed E-state index contributed by atoms with van der Waals surface area (Å²) >= 11 is 1.69. The molecule has 0 spiro atoms. The van der Waals surface area contributed by atoms with Gasteiger partial charge in [0.15, 0.2) is 0 Å². The van der Waals surface area contributed by atoms with Crippen LogP contribution in [0.25, 0.3) is 0 Å². The molecule has 7 heteroatoms. The van der Waals surface area contributed by atoms with Crippen LogP contribution in [0.3, 0.4) is 0 Å². The summed E-state index contributed by atoms with van der Waals surface area (Å²) in [7, 11) is 0. The minimum Gasteiger partial charge on any atom is -0.353 e. The van der Waals surface area contributed by atoms with Crippen LogP contribution in [0.5, 0.6) is 0 Å². The molecule has 0 radical (unpaired) electrons. The van der Waals surface area contributed by atoms with Gasteiger partial charge in [0.2, 0.25) is 0 Å². The lowest BCUT2D eigenvalue weighted by atomic mass is 9.72. The summed E-state index contributed by atoms with van der Waals surface area (Å²) in [6.07, 6.45) is 2.71.